The fourth-order valence-electron chi connectivity index (χ4n) is 3.79. The van der Waals surface area contributed by atoms with Crippen LogP contribution < -0.4 is 11.1 Å². The topological polar surface area (TPSA) is 38.0 Å². The van der Waals surface area contributed by atoms with Gasteiger partial charge in [0.25, 0.3) is 0 Å². The van der Waals surface area contributed by atoms with Crippen molar-refractivity contribution in [2.24, 2.45) is 5.92 Å². The van der Waals surface area contributed by atoms with Gasteiger partial charge in [0.15, 0.2) is 0 Å². The van der Waals surface area contributed by atoms with E-state index in [0.717, 1.165) is 30.5 Å². The average molecular weight is 298 g/mol. The number of anilines is 1. The summed E-state index contributed by atoms with van der Waals surface area (Å²) in [6.07, 6.45) is 0.0844. The summed E-state index contributed by atoms with van der Waals surface area (Å²) >= 11 is 0. The van der Waals surface area contributed by atoms with Gasteiger partial charge in [-0.2, -0.15) is 13.2 Å². The number of hydrogen-bond donors (Lipinski definition) is 2. The molecule has 0 aromatic heterocycles. The monoisotopic (exact) mass is 298 g/mol. The Morgan fingerprint density at radius 1 is 1.10 bits per heavy atom. The van der Waals surface area contributed by atoms with Gasteiger partial charge < -0.3 is 11.1 Å². The number of halogens is 3. The normalized spacial score (nSPS) is 29.4. The lowest BCUT2D eigenvalue weighted by atomic mass is 9.83. The molecule has 0 aliphatic heterocycles. The van der Waals surface area contributed by atoms with E-state index in [1.165, 1.54) is 5.56 Å². The second-order valence-corrected chi connectivity index (χ2v) is 6.26. The number of rotatable bonds is 2. The lowest BCUT2D eigenvalue weighted by molar-refractivity contribution is -0.189. The molecular formula is C16H21F3N2. The molecule has 0 spiro atoms. The summed E-state index contributed by atoms with van der Waals surface area (Å²) in [5.41, 5.74) is 8.79. The number of benzene rings is 1. The van der Waals surface area contributed by atoms with E-state index < -0.39 is 18.1 Å². The first-order valence-corrected chi connectivity index (χ1v) is 7.66. The van der Waals surface area contributed by atoms with Crippen LogP contribution in [-0.4, -0.2) is 12.2 Å². The summed E-state index contributed by atoms with van der Waals surface area (Å²) in [4.78, 5) is 0. The molecule has 0 heterocycles. The molecule has 3 rings (SSSR count). The van der Waals surface area contributed by atoms with Crippen molar-refractivity contribution in [3.05, 3.63) is 29.3 Å². The largest absolute Gasteiger partial charge is 0.399 e. The number of aryl methyl sites for hydroxylation is 1. The van der Waals surface area contributed by atoms with Crippen LogP contribution in [0.4, 0.5) is 18.9 Å². The van der Waals surface area contributed by atoms with Crippen molar-refractivity contribution in [3.8, 4) is 0 Å². The fourth-order valence-corrected chi connectivity index (χ4v) is 3.79. The predicted octanol–water partition coefficient (Wildman–Crippen LogP) is 3.97. The predicted molar refractivity (Wildman–Crippen MR) is 76.9 cm³/mol. The van der Waals surface area contributed by atoms with Crippen LogP contribution in [0, 0.1) is 5.92 Å². The van der Waals surface area contributed by atoms with Crippen LogP contribution in [0.3, 0.4) is 0 Å². The van der Waals surface area contributed by atoms with Crippen molar-refractivity contribution in [3.63, 3.8) is 0 Å². The third-order valence-electron chi connectivity index (χ3n) is 4.85. The van der Waals surface area contributed by atoms with Gasteiger partial charge in [-0.25, -0.2) is 0 Å². The summed E-state index contributed by atoms with van der Waals surface area (Å²) in [6.45, 7) is 0. The highest BCUT2D eigenvalue weighted by molar-refractivity contribution is 5.47. The molecule has 3 unspecified atom stereocenters. The first-order valence-electron chi connectivity index (χ1n) is 7.66. The minimum Gasteiger partial charge on any atom is -0.399 e. The van der Waals surface area contributed by atoms with Crippen LogP contribution in [0.15, 0.2) is 18.2 Å². The Balaban J connectivity index is 1.75. The van der Waals surface area contributed by atoms with Crippen molar-refractivity contribution in [1.29, 1.82) is 0 Å². The maximum atomic E-state index is 13.2. The van der Waals surface area contributed by atoms with Crippen molar-refractivity contribution in [2.45, 2.75) is 56.8 Å². The zero-order valence-corrected chi connectivity index (χ0v) is 11.9. The smallest absolute Gasteiger partial charge is 0.393 e. The summed E-state index contributed by atoms with van der Waals surface area (Å²) in [5, 5.41) is 3.29. The molecule has 1 aromatic rings. The average Bonchev–Trinajstić information content (AvgIpc) is 2.80. The molecule has 0 saturated heterocycles. The zero-order chi connectivity index (χ0) is 15.0. The minimum atomic E-state index is -4.10. The van der Waals surface area contributed by atoms with Crippen LogP contribution in [0.1, 0.15) is 49.3 Å². The van der Waals surface area contributed by atoms with Gasteiger partial charge >= 0.3 is 6.18 Å². The zero-order valence-electron chi connectivity index (χ0n) is 11.9. The maximum absolute atomic E-state index is 13.2. The molecule has 116 valence electrons. The molecule has 0 radical (unpaired) electrons. The summed E-state index contributed by atoms with van der Waals surface area (Å²) in [7, 11) is 0. The Hall–Kier alpha value is -1.23. The second kappa shape index (κ2) is 5.52. The molecule has 5 heteroatoms. The van der Waals surface area contributed by atoms with E-state index in [4.69, 9.17) is 5.73 Å². The van der Waals surface area contributed by atoms with Crippen LogP contribution in [0.2, 0.25) is 0 Å². The van der Waals surface area contributed by atoms with Crippen LogP contribution in [0.25, 0.3) is 0 Å². The van der Waals surface area contributed by atoms with Gasteiger partial charge in [-0.15, -0.1) is 0 Å². The molecule has 2 aliphatic rings. The molecule has 2 aliphatic carbocycles. The Bertz CT molecular complexity index is 513. The highest BCUT2D eigenvalue weighted by Gasteiger charge is 2.46. The molecular weight excluding hydrogens is 277 g/mol. The minimum absolute atomic E-state index is 0.0357. The number of fused-ring (bicyclic) bond motifs is 1. The van der Waals surface area contributed by atoms with E-state index >= 15 is 0 Å². The molecule has 2 nitrogen and oxygen atoms in total. The molecule has 1 saturated carbocycles. The molecule has 1 fully saturated rings. The third-order valence-corrected chi connectivity index (χ3v) is 4.85. The van der Waals surface area contributed by atoms with Gasteiger partial charge in [-0.1, -0.05) is 18.9 Å². The molecule has 21 heavy (non-hydrogen) atoms. The summed E-state index contributed by atoms with van der Waals surface area (Å²) in [6, 6.07) is 5.32. The van der Waals surface area contributed by atoms with Crippen LogP contribution in [-0.2, 0) is 6.42 Å². The van der Waals surface area contributed by atoms with Crippen molar-refractivity contribution in [2.75, 3.05) is 5.73 Å². The standard InChI is InChI=1S/C16H21F3N2/c17-16(18,19)13-3-1-2-4-15(13)21-14-8-5-10-9-11(20)6-7-12(10)14/h6-7,9,13-15,21H,1-5,8,20H2. The molecule has 0 bridgehead atoms. The Kier molecular flexibility index (Phi) is 3.86. The quantitative estimate of drug-likeness (QED) is 0.811. The van der Waals surface area contributed by atoms with Crippen molar-refractivity contribution in [1.82, 2.24) is 5.32 Å². The third kappa shape index (κ3) is 3.03. The lowest BCUT2D eigenvalue weighted by Crippen LogP contribution is -2.46. The van der Waals surface area contributed by atoms with Crippen molar-refractivity contribution < 1.29 is 13.2 Å². The van der Waals surface area contributed by atoms with E-state index in [2.05, 4.69) is 5.32 Å². The van der Waals surface area contributed by atoms with Gasteiger partial charge in [0.1, 0.15) is 0 Å². The highest BCUT2D eigenvalue weighted by Crippen LogP contribution is 2.40. The van der Waals surface area contributed by atoms with Crippen LogP contribution in [0.5, 0.6) is 0 Å². The first kappa shape index (κ1) is 14.7. The van der Waals surface area contributed by atoms with E-state index in [-0.39, 0.29) is 12.5 Å². The summed E-state index contributed by atoms with van der Waals surface area (Å²) in [5.74, 6) is -1.20. The Morgan fingerprint density at radius 3 is 2.62 bits per heavy atom. The lowest BCUT2D eigenvalue weighted by Gasteiger charge is -2.35. The maximum Gasteiger partial charge on any atom is 0.393 e. The van der Waals surface area contributed by atoms with E-state index in [9.17, 15) is 13.2 Å². The fraction of sp³-hybridized carbons (Fsp3) is 0.625. The van der Waals surface area contributed by atoms with Crippen molar-refractivity contribution >= 4 is 5.69 Å². The number of nitrogens with two attached hydrogens (primary N) is 1. The highest BCUT2D eigenvalue weighted by atomic mass is 19.4. The van der Waals surface area contributed by atoms with Gasteiger partial charge in [0, 0.05) is 17.8 Å². The van der Waals surface area contributed by atoms with Gasteiger partial charge in [-0.3, -0.25) is 0 Å². The number of nitrogen functional groups attached to an aromatic ring is 1. The van der Waals surface area contributed by atoms with Crippen LogP contribution >= 0.6 is 0 Å². The Labute approximate surface area is 122 Å². The second-order valence-electron chi connectivity index (χ2n) is 6.26. The molecule has 3 N–H and O–H groups in total. The molecule has 3 atom stereocenters. The van der Waals surface area contributed by atoms with E-state index in [1.54, 1.807) is 0 Å². The number of nitrogens with one attached hydrogen (secondary N) is 1. The SMILES string of the molecule is Nc1ccc2c(c1)CCC2NC1CCCCC1C(F)(F)F. The van der Waals surface area contributed by atoms with Gasteiger partial charge in [-0.05, 0) is 48.9 Å². The Morgan fingerprint density at radius 2 is 1.86 bits per heavy atom. The summed E-state index contributed by atoms with van der Waals surface area (Å²) < 4.78 is 39.5. The number of hydrogen-bond acceptors (Lipinski definition) is 2. The van der Waals surface area contributed by atoms with Gasteiger partial charge in [0.2, 0.25) is 0 Å². The van der Waals surface area contributed by atoms with Gasteiger partial charge in [0.05, 0.1) is 5.92 Å². The molecule has 0 amide bonds. The van der Waals surface area contributed by atoms with E-state index in [1.807, 2.05) is 18.2 Å². The first-order chi connectivity index (χ1) is 9.95. The number of alkyl halides is 3. The molecule has 1 aromatic carbocycles. The van der Waals surface area contributed by atoms with E-state index in [0.29, 0.717) is 12.8 Å².